The fourth-order valence-electron chi connectivity index (χ4n) is 2.74. The lowest BCUT2D eigenvalue weighted by Crippen LogP contribution is -2.36. The van der Waals surface area contributed by atoms with E-state index in [1.165, 1.54) is 11.3 Å². The normalized spacial score (nSPS) is 12.2. The summed E-state index contributed by atoms with van der Waals surface area (Å²) in [5.41, 5.74) is -0.0708. The second kappa shape index (κ2) is 13.2. The van der Waals surface area contributed by atoms with Gasteiger partial charge in [-0.3, -0.25) is 9.59 Å². The summed E-state index contributed by atoms with van der Waals surface area (Å²) in [6, 6.07) is -0.630. The maximum atomic E-state index is 12.1. The van der Waals surface area contributed by atoms with Crippen LogP contribution in [0.15, 0.2) is 21.0 Å². The lowest BCUT2D eigenvalue weighted by molar-refractivity contribution is -0.121. The van der Waals surface area contributed by atoms with E-state index >= 15 is 0 Å². The number of hydrogen-bond donors (Lipinski definition) is 4. The van der Waals surface area contributed by atoms with Gasteiger partial charge in [0.1, 0.15) is 5.76 Å². The van der Waals surface area contributed by atoms with Gasteiger partial charge in [0.25, 0.3) is 0 Å². The van der Waals surface area contributed by atoms with Crippen molar-refractivity contribution in [3.8, 4) is 0 Å². The van der Waals surface area contributed by atoms with E-state index in [-0.39, 0.29) is 17.2 Å². The SMILES string of the molecule is CC(C)(C)c1cnc(CSc2cnc(NC(=O)CCCCCCC(=O)NC(C=N)C=N)s2)o1. The second-order valence-electron chi connectivity index (χ2n) is 8.53. The van der Waals surface area contributed by atoms with Gasteiger partial charge in [0, 0.05) is 30.7 Å². The zero-order valence-electron chi connectivity index (χ0n) is 19.3. The first kappa shape index (κ1) is 26.7. The van der Waals surface area contributed by atoms with Crippen LogP contribution in [0.2, 0.25) is 0 Å². The van der Waals surface area contributed by atoms with E-state index in [0.29, 0.717) is 36.0 Å². The van der Waals surface area contributed by atoms with Crippen LogP contribution >= 0.6 is 23.1 Å². The Morgan fingerprint density at radius 2 is 1.76 bits per heavy atom. The maximum absolute atomic E-state index is 12.1. The number of hydrogen-bond acceptors (Lipinski definition) is 9. The van der Waals surface area contributed by atoms with Crippen LogP contribution in [0.4, 0.5) is 5.13 Å². The molecule has 0 spiro atoms. The Hall–Kier alpha value is -2.53. The minimum absolute atomic E-state index is 0.0685. The van der Waals surface area contributed by atoms with E-state index in [1.807, 2.05) is 0 Å². The van der Waals surface area contributed by atoms with E-state index in [4.69, 9.17) is 15.2 Å². The third-order valence-electron chi connectivity index (χ3n) is 4.61. The number of nitrogens with zero attached hydrogens (tertiary/aromatic N) is 2. The Kier molecular flexibility index (Phi) is 10.7. The average Bonchev–Trinajstić information content (AvgIpc) is 3.42. The zero-order chi connectivity index (χ0) is 24.3. The van der Waals surface area contributed by atoms with Gasteiger partial charge in [-0.25, -0.2) is 9.97 Å². The molecular weight excluding hydrogens is 460 g/mol. The van der Waals surface area contributed by atoms with Crippen molar-refractivity contribution in [2.45, 2.75) is 80.7 Å². The summed E-state index contributed by atoms with van der Waals surface area (Å²) in [6.45, 7) is 6.24. The van der Waals surface area contributed by atoms with Crippen molar-refractivity contribution in [2.75, 3.05) is 5.32 Å². The first-order valence-electron chi connectivity index (χ1n) is 10.9. The molecule has 0 fully saturated rings. The minimum Gasteiger partial charge on any atom is -0.444 e. The molecule has 4 N–H and O–H groups in total. The second-order valence-corrected chi connectivity index (χ2v) is 10.8. The molecule has 2 aromatic heterocycles. The van der Waals surface area contributed by atoms with Crippen molar-refractivity contribution >= 4 is 52.5 Å². The number of aromatic nitrogens is 2. The highest BCUT2D eigenvalue weighted by Crippen LogP contribution is 2.31. The van der Waals surface area contributed by atoms with Gasteiger partial charge < -0.3 is 25.9 Å². The average molecular weight is 493 g/mol. The molecule has 2 rings (SSSR count). The summed E-state index contributed by atoms with van der Waals surface area (Å²) in [4.78, 5) is 32.4. The zero-order valence-corrected chi connectivity index (χ0v) is 20.9. The highest BCUT2D eigenvalue weighted by molar-refractivity contribution is 8.00. The van der Waals surface area contributed by atoms with Gasteiger partial charge in [-0.1, -0.05) is 44.9 Å². The number of thiazole rings is 1. The monoisotopic (exact) mass is 492 g/mol. The molecule has 2 heterocycles. The Bertz CT molecular complexity index is 927. The first-order valence-corrected chi connectivity index (χ1v) is 12.7. The molecule has 0 unspecified atom stereocenters. The third-order valence-corrected chi connectivity index (χ3v) is 6.70. The predicted molar refractivity (Wildman–Crippen MR) is 133 cm³/mol. The van der Waals surface area contributed by atoms with Crippen LogP contribution in [0.1, 0.15) is 70.9 Å². The third kappa shape index (κ3) is 9.87. The van der Waals surface area contributed by atoms with Crippen molar-refractivity contribution < 1.29 is 14.0 Å². The minimum atomic E-state index is -0.630. The fraction of sp³-hybridized carbons (Fsp3) is 0.545. The van der Waals surface area contributed by atoms with Gasteiger partial charge in [-0.05, 0) is 12.8 Å². The van der Waals surface area contributed by atoms with Gasteiger partial charge in [0.05, 0.1) is 28.4 Å². The summed E-state index contributed by atoms with van der Waals surface area (Å²) >= 11 is 3.00. The van der Waals surface area contributed by atoms with Crippen LogP contribution in [0.3, 0.4) is 0 Å². The Morgan fingerprint density at radius 1 is 1.09 bits per heavy atom. The van der Waals surface area contributed by atoms with Gasteiger partial charge in [-0.2, -0.15) is 0 Å². The molecule has 2 amide bonds. The van der Waals surface area contributed by atoms with Crippen LogP contribution < -0.4 is 10.6 Å². The molecule has 0 saturated carbocycles. The molecule has 0 aliphatic carbocycles. The van der Waals surface area contributed by atoms with Gasteiger partial charge in [-0.15, -0.1) is 11.8 Å². The number of rotatable bonds is 14. The van der Waals surface area contributed by atoms with E-state index < -0.39 is 6.04 Å². The molecular formula is C22H32N6O3S2. The smallest absolute Gasteiger partial charge is 0.226 e. The number of carbonyl (C=O) groups is 2. The predicted octanol–water partition coefficient (Wildman–Crippen LogP) is 4.78. The molecule has 0 radical (unpaired) electrons. The molecule has 0 aromatic carbocycles. The molecule has 0 bridgehead atoms. The standard InChI is InChI=1S/C22H32N6O3S2/c1-22(2,3)16-12-25-19(31-16)14-32-20-13-26-21(33-20)28-18(30)9-7-5-4-6-8-17(29)27-15(10-23)11-24/h10-13,15,23-24H,4-9,14H2,1-3H3,(H,27,29)(H,26,28,30). The molecule has 0 aliphatic heterocycles. The summed E-state index contributed by atoms with van der Waals surface area (Å²) in [5, 5.41) is 20.1. The molecule has 0 aliphatic rings. The van der Waals surface area contributed by atoms with E-state index in [1.54, 1.807) is 24.2 Å². The van der Waals surface area contributed by atoms with Crippen LogP contribution in [0, 0.1) is 10.8 Å². The summed E-state index contributed by atoms with van der Waals surface area (Å²) in [7, 11) is 0. The number of oxazole rings is 1. The highest BCUT2D eigenvalue weighted by atomic mass is 32.2. The van der Waals surface area contributed by atoms with Crippen molar-refractivity contribution in [3.05, 3.63) is 24.0 Å². The summed E-state index contributed by atoms with van der Waals surface area (Å²) in [6.07, 6.45) is 9.47. The van der Waals surface area contributed by atoms with Crippen molar-refractivity contribution in [1.29, 1.82) is 10.8 Å². The number of unbranched alkanes of at least 4 members (excludes halogenated alkanes) is 3. The highest BCUT2D eigenvalue weighted by Gasteiger charge is 2.19. The topological polar surface area (TPSA) is 145 Å². The lowest BCUT2D eigenvalue weighted by atomic mass is 9.94. The maximum Gasteiger partial charge on any atom is 0.226 e. The lowest BCUT2D eigenvalue weighted by Gasteiger charge is -2.12. The van der Waals surface area contributed by atoms with Crippen molar-refractivity contribution in [3.63, 3.8) is 0 Å². The molecule has 0 atom stereocenters. The van der Waals surface area contributed by atoms with E-state index in [0.717, 1.165) is 41.7 Å². The van der Waals surface area contributed by atoms with Gasteiger partial charge >= 0.3 is 0 Å². The largest absolute Gasteiger partial charge is 0.444 e. The molecule has 2 aromatic rings. The Labute approximate surface area is 202 Å². The van der Waals surface area contributed by atoms with Gasteiger partial charge in [0.2, 0.25) is 17.7 Å². The Balaban J connectivity index is 1.60. The summed E-state index contributed by atoms with van der Waals surface area (Å²) < 4.78 is 6.78. The molecule has 11 heteroatoms. The van der Waals surface area contributed by atoms with Crippen molar-refractivity contribution in [2.24, 2.45) is 0 Å². The van der Waals surface area contributed by atoms with E-state index in [2.05, 4.69) is 41.4 Å². The molecule has 0 saturated heterocycles. The molecule has 180 valence electrons. The number of nitrogens with one attached hydrogen (secondary N) is 4. The number of anilines is 1. The van der Waals surface area contributed by atoms with Gasteiger partial charge in [0.15, 0.2) is 5.13 Å². The van der Waals surface area contributed by atoms with Crippen LogP contribution in [0.25, 0.3) is 0 Å². The van der Waals surface area contributed by atoms with Crippen molar-refractivity contribution in [1.82, 2.24) is 15.3 Å². The summed E-state index contributed by atoms with van der Waals surface area (Å²) in [5.74, 6) is 1.90. The fourth-order valence-corrected chi connectivity index (χ4v) is 4.48. The Morgan fingerprint density at radius 3 is 2.36 bits per heavy atom. The van der Waals surface area contributed by atoms with Crippen LogP contribution in [0.5, 0.6) is 0 Å². The molecule has 33 heavy (non-hydrogen) atoms. The van der Waals surface area contributed by atoms with Crippen LogP contribution in [-0.2, 0) is 20.8 Å². The molecule has 9 nitrogen and oxygen atoms in total. The van der Waals surface area contributed by atoms with Crippen LogP contribution in [-0.4, -0.2) is 40.3 Å². The number of carbonyl (C=O) groups excluding carboxylic acids is 2. The number of thioether (sulfide) groups is 1. The first-order chi connectivity index (χ1) is 15.7. The number of amides is 2. The quantitative estimate of drug-likeness (QED) is 0.170. The van der Waals surface area contributed by atoms with E-state index in [9.17, 15) is 9.59 Å².